The van der Waals surface area contributed by atoms with E-state index in [-0.39, 0.29) is 0 Å². The summed E-state index contributed by atoms with van der Waals surface area (Å²) in [6.07, 6.45) is 5.13. The van der Waals surface area contributed by atoms with Crippen molar-refractivity contribution in [3.8, 4) is 11.3 Å². The van der Waals surface area contributed by atoms with Gasteiger partial charge in [0.25, 0.3) is 0 Å². The second-order valence-corrected chi connectivity index (χ2v) is 7.57. The van der Waals surface area contributed by atoms with Crippen LogP contribution in [0.3, 0.4) is 0 Å². The van der Waals surface area contributed by atoms with E-state index in [1.54, 1.807) is 0 Å². The molecule has 2 aliphatic rings. The lowest BCUT2D eigenvalue weighted by molar-refractivity contribution is 0.312. The maximum Gasteiger partial charge on any atom is 0.129 e. The lowest BCUT2D eigenvalue weighted by Crippen LogP contribution is -2.44. The summed E-state index contributed by atoms with van der Waals surface area (Å²) in [5.41, 5.74) is 7.13. The van der Waals surface area contributed by atoms with Crippen LogP contribution < -0.4 is 4.90 Å². The molecule has 0 saturated carbocycles. The number of aromatic nitrogens is 2. The van der Waals surface area contributed by atoms with E-state index < -0.39 is 0 Å². The number of pyridine rings is 2. The predicted molar refractivity (Wildman–Crippen MR) is 114 cm³/mol. The summed E-state index contributed by atoms with van der Waals surface area (Å²) in [6, 6.07) is 19.1. The number of allylic oxidation sites excluding steroid dienone is 1. The third-order valence-electron chi connectivity index (χ3n) is 5.72. The van der Waals surface area contributed by atoms with Crippen LogP contribution in [0, 0.1) is 0 Å². The number of piperazine rings is 1. The number of hydrogen-bond acceptors (Lipinski definition) is 4. The average Bonchev–Trinajstić information content (AvgIpc) is 3.18. The summed E-state index contributed by atoms with van der Waals surface area (Å²) in [5.74, 6) is 1.08. The van der Waals surface area contributed by atoms with Crippen molar-refractivity contribution in [3.63, 3.8) is 0 Å². The van der Waals surface area contributed by atoms with Crippen LogP contribution in [-0.4, -0.2) is 48.1 Å². The van der Waals surface area contributed by atoms with Crippen molar-refractivity contribution >= 4 is 11.4 Å². The quantitative estimate of drug-likeness (QED) is 0.702. The lowest BCUT2D eigenvalue weighted by atomic mass is 10.0. The zero-order valence-corrected chi connectivity index (χ0v) is 16.2. The Balaban J connectivity index is 1.43. The van der Waals surface area contributed by atoms with E-state index in [4.69, 9.17) is 4.98 Å². The van der Waals surface area contributed by atoms with Crippen LogP contribution >= 0.6 is 0 Å². The molecule has 0 amide bonds. The predicted octanol–water partition coefficient (Wildman–Crippen LogP) is 3.88. The first-order chi connectivity index (χ1) is 13.8. The van der Waals surface area contributed by atoms with E-state index in [9.17, 15) is 0 Å². The number of fused-ring (bicyclic) bond motifs is 1. The number of likely N-dealkylation sites (N-methyl/N-ethyl adjacent to an activating group) is 1. The van der Waals surface area contributed by atoms with E-state index >= 15 is 0 Å². The minimum absolute atomic E-state index is 0.886. The average molecular weight is 368 g/mol. The Bertz CT molecular complexity index is 1020. The Morgan fingerprint density at radius 3 is 2.50 bits per heavy atom. The summed E-state index contributed by atoms with van der Waals surface area (Å²) in [4.78, 5) is 14.3. The van der Waals surface area contributed by atoms with Gasteiger partial charge in [0, 0.05) is 49.9 Å². The minimum atomic E-state index is 0.886. The standard InChI is InChI=1S/C24H24N4/c1-27-13-15-28(16-14-27)24-17-19(11-12-25-24)20-7-10-23-21(20)8-9-22(26-23)18-5-3-2-4-6-18/h2-9,11-12,17H,10,13-16H2,1H3. The Morgan fingerprint density at radius 1 is 0.857 bits per heavy atom. The molecule has 0 atom stereocenters. The molecule has 0 bridgehead atoms. The van der Waals surface area contributed by atoms with Crippen LogP contribution in [-0.2, 0) is 6.42 Å². The highest BCUT2D eigenvalue weighted by atomic mass is 15.3. The number of rotatable bonds is 3. The Kier molecular flexibility index (Phi) is 4.41. The van der Waals surface area contributed by atoms with Gasteiger partial charge in [0.15, 0.2) is 0 Å². The second kappa shape index (κ2) is 7.21. The van der Waals surface area contributed by atoms with Crippen molar-refractivity contribution in [3.05, 3.63) is 83.7 Å². The molecule has 140 valence electrons. The molecule has 0 radical (unpaired) electrons. The Labute approximate surface area is 166 Å². The molecule has 1 aliphatic heterocycles. The molecule has 1 fully saturated rings. The van der Waals surface area contributed by atoms with Gasteiger partial charge in [-0.2, -0.15) is 0 Å². The maximum atomic E-state index is 4.94. The van der Waals surface area contributed by atoms with Crippen LogP contribution in [0.4, 0.5) is 5.82 Å². The van der Waals surface area contributed by atoms with E-state index in [1.165, 1.54) is 22.3 Å². The third kappa shape index (κ3) is 3.20. The molecule has 28 heavy (non-hydrogen) atoms. The normalized spacial score (nSPS) is 16.8. The van der Waals surface area contributed by atoms with Gasteiger partial charge in [-0.25, -0.2) is 4.98 Å². The largest absolute Gasteiger partial charge is 0.354 e. The van der Waals surface area contributed by atoms with Gasteiger partial charge >= 0.3 is 0 Å². The first-order valence-corrected chi connectivity index (χ1v) is 9.94. The highest BCUT2D eigenvalue weighted by Crippen LogP contribution is 2.34. The second-order valence-electron chi connectivity index (χ2n) is 7.57. The van der Waals surface area contributed by atoms with Gasteiger partial charge in [0.1, 0.15) is 5.82 Å². The molecule has 0 unspecified atom stereocenters. The molecule has 2 aromatic heterocycles. The van der Waals surface area contributed by atoms with Crippen molar-refractivity contribution in [2.24, 2.45) is 0 Å². The molecule has 1 aromatic carbocycles. The van der Waals surface area contributed by atoms with Crippen LogP contribution in [0.15, 0.2) is 66.9 Å². The van der Waals surface area contributed by atoms with Crippen LogP contribution in [0.2, 0.25) is 0 Å². The molecule has 4 heteroatoms. The van der Waals surface area contributed by atoms with Crippen molar-refractivity contribution in [2.45, 2.75) is 6.42 Å². The third-order valence-corrected chi connectivity index (χ3v) is 5.72. The Hall–Kier alpha value is -2.98. The summed E-state index contributed by atoms with van der Waals surface area (Å²) in [6.45, 7) is 4.24. The van der Waals surface area contributed by atoms with Crippen molar-refractivity contribution in [1.82, 2.24) is 14.9 Å². The monoisotopic (exact) mass is 368 g/mol. The number of hydrogen-bond donors (Lipinski definition) is 0. The lowest BCUT2D eigenvalue weighted by Gasteiger charge is -2.33. The van der Waals surface area contributed by atoms with E-state index in [2.05, 4.69) is 76.4 Å². The van der Waals surface area contributed by atoms with Gasteiger partial charge in [0.05, 0.1) is 11.4 Å². The van der Waals surface area contributed by atoms with E-state index in [0.717, 1.165) is 49.8 Å². The van der Waals surface area contributed by atoms with E-state index in [0.29, 0.717) is 0 Å². The highest BCUT2D eigenvalue weighted by Gasteiger charge is 2.20. The molecular formula is C24H24N4. The van der Waals surface area contributed by atoms with Crippen molar-refractivity contribution in [1.29, 1.82) is 0 Å². The van der Waals surface area contributed by atoms with Crippen LogP contribution in [0.25, 0.3) is 16.8 Å². The molecule has 4 nitrogen and oxygen atoms in total. The van der Waals surface area contributed by atoms with Gasteiger partial charge < -0.3 is 9.80 Å². The van der Waals surface area contributed by atoms with Gasteiger partial charge in [-0.3, -0.25) is 4.98 Å². The molecule has 1 aliphatic carbocycles. The highest BCUT2D eigenvalue weighted by molar-refractivity contribution is 5.85. The molecule has 0 spiro atoms. The van der Waals surface area contributed by atoms with Gasteiger partial charge in [-0.15, -0.1) is 0 Å². The number of anilines is 1. The van der Waals surface area contributed by atoms with Gasteiger partial charge in [-0.05, 0) is 36.4 Å². The Morgan fingerprint density at radius 2 is 1.68 bits per heavy atom. The van der Waals surface area contributed by atoms with Crippen molar-refractivity contribution in [2.75, 3.05) is 38.1 Å². The van der Waals surface area contributed by atoms with E-state index in [1.807, 2.05) is 12.3 Å². The molecule has 3 aromatic rings. The summed E-state index contributed by atoms with van der Waals surface area (Å²) >= 11 is 0. The SMILES string of the molecule is CN1CCN(c2cc(C3=CCc4nc(-c5ccccc5)ccc43)ccn2)CC1. The molecule has 5 rings (SSSR count). The first kappa shape index (κ1) is 17.1. The summed E-state index contributed by atoms with van der Waals surface area (Å²) in [7, 11) is 2.18. The van der Waals surface area contributed by atoms with Gasteiger partial charge in [-0.1, -0.05) is 42.5 Å². The van der Waals surface area contributed by atoms with Gasteiger partial charge in [0.2, 0.25) is 0 Å². The number of nitrogens with zero attached hydrogens (tertiary/aromatic N) is 4. The zero-order valence-electron chi connectivity index (χ0n) is 16.2. The minimum Gasteiger partial charge on any atom is -0.354 e. The topological polar surface area (TPSA) is 32.3 Å². The molecule has 1 saturated heterocycles. The fourth-order valence-electron chi connectivity index (χ4n) is 4.05. The molecule has 3 heterocycles. The zero-order chi connectivity index (χ0) is 18.9. The molecule has 0 N–H and O–H groups in total. The van der Waals surface area contributed by atoms with Crippen LogP contribution in [0.5, 0.6) is 0 Å². The number of benzene rings is 1. The summed E-state index contributed by atoms with van der Waals surface area (Å²) < 4.78 is 0. The summed E-state index contributed by atoms with van der Waals surface area (Å²) in [5, 5.41) is 0. The fraction of sp³-hybridized carbons (Fsp3) is 0.250. The fourth-order valence-corrected chi connectivity index (χ4v) is 4.05. The first-order valence-electron chi connectivity index (χ1n) is 9.94. The van der Waals surface area contributed by atoms with Crippen molar-refractivity contribution < 1.29 is 0 Å². The smallest absolute Gasteiger partial charge is 0.129 e. The van der Waals surface area contributed by atoms with Crippen LogP contribution in [0.1, 0.15) is 16.8 Å². The molecular weight excluding hydrogens is 344 g/mol. The maximum absolute atomic E-state index is 4.94.